The third-order valence-corrected chi connectivity index (χ3v) is 6.02. The van der Waals surface area contributed by atoms with Gasteiger partial charge in [0.2, 0.25) is 0 Å². The number of rotatable bonds is 8. The number of hydrogen-bond donors (Lipinski definition) is 1. The zero-order valence-corrected chi connectivity index (χ0v) is 16.0. The van der Waals surface area contributed by atoms with E-state index in [0.29, 0.717) is 11.1 Å². The summed E-state index contributed by atoms with van der Waals surface area (Å²) in [5.74, 6) is -1.47. The first kappa shape index (κ1) is 20.0. The molecule has 142 valence electrons. The monoisotopic (exact) mass is 393 g/mol. The van der Waals surface area contributed by atoms with Crippen LogP contribution < -0.4 is 0 Å². The minimum absolute atomic E-state index is 0.0419. The lowest BCUT2D eigenvalue weighted by atomic mass is 10.2. The molecule has 3 aromatic carbocycles. The van der Waals surface area contributed by atoms with E-state index in [-0.39, 0.29) is 13.2 Å². The summed E-state index contributed by atoms with van der Waals surface area (Å²) in [7, 11) is -3.91. The number of nitriles is 1. The molecule has 0 amide bonds. The minimum Gasteiger partial charge on any atom is -0.376 e. The van der Waals surface area contributed by atoms with Gasteiger partial charge in [0.05, 0.1) is 24.8 Å². The van der Waals surface area contributed by atoms with E-state index < -0.39 is 13.4 Å². The predicted molar refractivity (Wildman–Crippen MR) is 106 cm³/mol. The first-order valence-corrected chi connectivity index (χ1v) is 10.4. The average Bonchev–Trinajstić information content (AvgIpc) is 2.77. The number of benzene rings is 3. The van der Waals surface area contributed by atoms with Crippen molar-refractivity contribution in [2.24, 2.45) is 0 Å². The molecule has 3 rings (SSSR count). The molecule has 0 aromatic heterocycles. The smallest absolute Gasteiger partial charge is 0.364 e. The Labute approximate surface area is 164 Å². The molecule has 1 atom stereocenters. The Morgan fingerprint density at radius 3 is 1.71 bits per heavy atom. The Morgan fingerprint density at radius 2 is 1.29 bits per heavy atom. The van der Waals surface area contributed by atoms with Crippen LogP contribution >= 0.6 is 7.60 Å². The molecule has 3 aromatic rings. The van der Waals surface area contributed by atoms with Crippen molar-refractivity contribution in [3.8, 4) is 6.07 Å². The molecule has 0 bridgehead atoms. The van der Waals surface area contributed by atoms with Gasteiger partial charge >= 0.3 is 7.60 Å². The van der Waals surface area contributed by atoms with Crippen molar-refractivity contribution in [3.05, 3.63) is 107 Å². The summed E-state index contributed by atoms with van der Waals surface area (Å²) in [6.07, 6.45) is 0. The third kappa shape index (κ3) is 5.16. The van der Waals surface area contributed by atoms with Crippen LogP contribution in [0.25, 0.3) is 0 Å². The number of nitrogens with zero attached hydrogens (tertiary/aromatic N) is 1. The summed E-state index contributed by atoms with van der Waals surface area (Å²) < 4.78 is 24.7. The van der Waals surface area contributed by atoms with E-state index in [0.717, 1.165) is 11.1 Å². The van der Waals surface area contributed by atoms with Crippen molar-refractivity contribution in [2.75, 3.05) is 0 Å². The summed E-state index contributed by atoms with van der Waals surface area (Å²) in [5.41, 5.74) is 2.45. The zero-order valence-electron chi connectivity index (χ0n) is 15.1. The fourth-order valence-electron chi connectivity index (χ4n) is 2.57. The molecule has 1 N–H and O–H groups in total. The van der Waals surface area contributed by atoms with E-state index in [1.165, 1.54) is 0 Å². The summed E-state index contributed by atoms with van der Waals surface area (Å²) in [4.78, 5) is 0. The second-order valence-corrected chi connectivity index (χ2v) is 8.25. The van der Waals surface area contributed by atoms with E-state index in [1.54, 1.807) is 24.3 Å². The number of aliphatic hydroxyl groups excluding tert-OH is 1. The Bertz CT molecular complexity index is 921. The van der Waals surface area contributed by atoms with Crippen LogP contribution in [0, 0.1) is 11.3 Å². The Balaban J connectivity index is 1.81. The van der Waals surface area contributed by atoms with Gasteiger partial charge in [-0.2, -0.15) is 5.26 Å². The SMILES string of the molecule is N#Cc1ccc(C(O)P(=O)(OCc2ccccc2)OCc2ccccc2)cc1. The normalized spacial score (nSPS) is 12.3. The van der Waals surface area contributed by atoms with E-state index >= 15 is 0 Å². The van der Waals surface area contributed by atoms with Gasteiger partial charge in [-0.25, -0.2) is 0 Å². The van der Waals surface area contributed by atoms with Crippen LogP contribution in [-0.2, 0) is 26.8 Å². The van der Waals surface area contributed by atoms with Crippen molar-refractivity contribution in [3.63, 3.8) is 0 Å². The van der Waals surface area contributed by atoms with Crippen LogP contribution in [0.3, 0.4) is 0 Å². The van der Waals surface area contributed by atoms with Gasteiger partial charge in [0.1, 0.15) is 0 Å². The Kier molecular flexibility index (Phi) is 6.76. The zero-order chi connectivity index (χ0) is 19.8. The molecule has 0 radical (unpaired) electrons. The van der Waals surface area contributed by atoms with Crippen molar-refractivity contribution < 1.29 is 18.7 Å². The maximum absolute atomic E-state index is 13.5. The summed E-state index contributed by atoms with van der Waals surface area (Å²) in [6, 6.07) is 26.7. The van der Waals surface area contributed by atoms with Gasteiger partial charge in [0.15, 0.2) is 5.85 Å². The minimum atomic E-state index is -3.91. The molecular formula is C22H20NO4P. The van der Waals surface area contributed by atoms with Gasteiger partial charge < -0.3 is 14.2 Å². The summed E-state index contributed by atoms with van der Waals surface area (Å²) >= 11 is 0. The summed E-state index contributed by atoms with van der Waals surface area (Å²) in [5, 5.41) is 19.7. The molecule has 0 aliphatic carbocycles. The van der Waals surface area contributed by atoms with Crippen LogP contribution in [-0.4, -0.2) is 5.11 Å². The highest BCUT2D eigenvalue weighted by atomic mass is 31.2. The van der Waals surface area contributed by atoms with Crippen LogP contribution in [0.2, 0.25) is 0 Å². The van der Waals surface area contributed by atoms with Crippen LogP contribution in [0.1, 0.15) is 28.1 Å². The fraction of sp³-hybridized carbons (Fsp3) is 0.136. The molecule has 0 aliphatic rings. The highest BCUT2D eigenvalue weighted by Crippen LogP contribution is 2.60. The molecule has 0 spiro atoms. The number of hydrogen-bond acceptors (Lipinski definition) is 5. The summed E-state index contributed by atoms with van der Waals surface area (Å²) in [6.45, 7) is 0.0838. The highest BCUT2D eigenvalue weighted by Gasteiger charge is 2.36. The lowest BCUT2D eigenvalue weighted by Gasteiger charge is -2.24. The van der Waals surface area contributed by atoms with Crippen LogP contribution in [0.15, 0.2) is 84.9 Å². The fourth-order valence-corrected chi connectivity index (χ4v) is 4.12. The number of aliphatic hydroxyl groups is 1. The topological polar surface area (TPSA) is 79.5 Å². The first-order valence-electron chi connectivity index (χ1n) is 8.75. The van der Waals surface area contributed by atoms with Crippen molar-refractivity contribution in [1.82, 2.24) is 0 Å². The van der Waals surface area contributed by atoms with Gasteiger partial charge in [-0.1, -0.05) is 72.8 Å². The molecular weight excluding hydrogens is 373 g/mol. The third-order valence-electron chi connectivity index (χ3n) is 4.15. The maximum atomic E-state index is 13.5. The van der Waals surface area contributed by atoms with Gasteiger partial charge in [-0.3, -0.25) is 4.57 Å². The van der Waals surface area contributed by atoms with Crippen molar-refractivity contribution in [1.29, 1.82) is 5.26 Å². The predicted octanol–water partition coefficient (Wildman–Crippen LogP) is 5.18. The Hall–Kier alpha value is -2.74. The molecule has 0 aliphatic heterocycles. The van der Waals surface area contributed by atoms with Gasteiger partial charge in [-0.05, 0) is 28.8 Å². The lowest BCUT2D eigenvalue weighted by molar-refractivity contribution is 0.133. The molecule has 28 heavy (non-hydrogen) atoms. The highest BCUT2D eigenvalue weighted by molar-refractivity contribution is 7.54. The second kappa shape index (κ2) is 9.45. The molecule has 0 saturated heterocycles. The molecule has 0 fully saturated rings. The lowest BCUT2D eigenvalue weighted by Crippen LogP contribution is -2.07. The van der Waals surface area contributed by atoms with E-state index in [4.69, 9.17) is 14.3 Å². The van der Waals surface area contributed by atoms with E-state index in [2.05, 4.69) is 0 Å². The standard InChI is InChI=1S/C22H20NO4P/c23-15-18-11-13-21(14-12-18)22(24)28(25,26-16-19-7-3-1-4-8-19)27-17-20-9-5-2-6-10-20/h1-14,22,24H,16-17H2. The molecule has 1 unspecified atom stereocenters. The molecule has 6 heteroatoms. The first-order chi connectivity index (χ1) is 13.6. The second-order valence-electron chi connectivity index (χ2n) is 6.17. The quantitative estimate of drug-likeness (QED) is 0.534. The maximum Gasteiger partial charge on any atom is 0.364 e. The van der Waals surface area contributed by atoms with Gasteiger partial charge in [0, 0.05) is 0 Å². The molecule has 0 heterocycles. The van der Waals surface area contributed by atoms with Gasteiger partial charge in [0.25, 0.3) is 0 Å². The average molecular weight is 393 g/mol. The Morgan fingerprint density at radius 1 is 0.821 bits per heavy atom. The van der Waals surface area contributed by atoms with Crippen LogP contribution in [0.4, 0.5) is 0 Å². The van der Waals surface area contributed by atoms with Gasteiger partial charge in [-0.15, -0.1) is 0 Å². The van der Waals surface area contributed by atoms with Crippen molar-refractivity contribution >= 4 is 7.60 Å². The van der Waals surface area contributed by atoms with E-state index in [9.17, 15) is 9.67 Å². The van der Waals surface area contributed by atoms with Crippen molar-refractivity contribution in [2.45, 2.75) is 19.1 Å². The molecule has 5 nitrogen and oxygen atoms in total. The molecule has 0 saturated carbocycles. The van der Waals surface area contributed by atoms with Crippen LogP contribution in [0.5, 0.6) is 0 Å². The van der Waals surface area contributed by atoms with E-state index in [1.807, 2.05) is 66.7 Å². The largest absolute Gasteiger partial charge is 0.376 e.